The Bertz CT molecular complexity index is 439. The summed E-state index contributed by atoms with van der Waals surface area (Å²) in [6.45, 7) is 2.06. The van der Waals surface area contributed by atoms with Gasteiger partial charge in [0.1, 0.15) is 0 Å². The highest BCUT2D eigenvalue weighted by atomic mass is 79.9. The Morgan fingerprint density at radius 3 is 3.00 bits per heavy atom. The molecule has 0 aliphatic heterocycles. The molecule has 84 valence electrons. The molecular weight excluding hydrogens is 270 g/mol. The molecule has 0 saturated carbocycles. The molecule has 5 heteroatoms. The minimum atomic E-state index is -0.263. The number of nitrogens with zero attached hydrogens (tertiary/aromatic N) is 1. The first-order valence-corrected chi connectivity index (χ1v) is 5.56. The average Bonchev–Trinajstić information content (AvgIpc) is 2.28. The summed E-state index contributed by atoms with van der Waals surface area (Å²) >= 11 is 3.27. The number of rotatable bonds is 3. The molecule has 0 radical (unpaired) electrons. The lowest BCUT2D eigenvalue weighted by molar-refractivity contribution is 0.0951. The topological polar surface area (TPSA) is 78.9 Å². The van der Waals surface area contributed by atoms with Crippen molar-refractivity contribution in [3.63, 3.8) is 0 Å². The number of nitrogens with one attached hydrogen (secondary N) is 1. The van der Waals surface area contributed by atoms with Crippen molar-refractivity contribution in [2.75, 3.05) is 12.3 Å². The predicted molar refractivity (Wildman–Crippen MR) is 65.7 cm³/mol. The molecule has 0 fully saturated rings. The summed E-state index contributed by atoms with van der Waals surface area (Å²) in [6, 6.07) is 7.12. The zero-order chi connectivity index (χ0) is 12.1. The highest BCUT2D eigenvalue weighted by molar-refractivity contribution is 9.10. The fourth-order valence-electron chi connectivity index (χ4n) is 1.11. The third-order valence-electron chi connectivity index (χ3n) is 2.05. The number of benzene rings is 1. The third kappa shape index (κ3) is 3.24. The number of hydrogen-bond acceptors (Lipinski definition) is 3. The Balaban J connectivity index is 2.74. The van der Waals surface area contributed by atoms with Gasteiger partial charge in [-0.25, -0.2) is 0 Å². The SMILES string of the molecule is CC(C#N)CNC(=O)c1cc(Br)ccc1N. The van der Waals surface area contributed by atoms with E-state index in [-0.39, 0.29) is 11.8 Å². The molecule has 1 unspecified atom stereocenters. The predicted octanol–water partition coefficient (Wildman–Crippen LogP) is 1.92. The maximum Gasteiger partial charge on any atom is 0.253 e. The van der Waals surface area contributed by atoms with E-state index in [2.05, 4.69) is 21.2 Å². The van der Waals surface area contributed by atoms with Gasteiger partial charge in [0.15, 0.2) is 0 Å². The normalized spacial score (nSPS) is 11.6. The number of carbonyl (C=O) groups excluding carboxylic acids is 1. The van der Waals surface area contributed by atoms with Crippen LogP contribution in [-0.4, -0.2) is 12.5 Å². The van der Waals surface area contributed by atoms with Crippen molar-refractivity contribution in [2.24, 2.45) is 5.92 Å². The van der Waals surface area contributed by atoms with Crippen molar-refractivity contribution < 1.29 is 4.79 Å². The van der Waals surface area contributed by atoms with E-state index in [1.54, 1.807) is 25.1 Å². The van der Waals surface area contributed by atoms with Crippen molar-refractivity contribution in [1.82, 2.24) is 5.32 Å². The van der Waals surface area contributed by atoms with Crippen molar-refractivity contribution in [3.8, 4) is 6.07 Å². The van der Waals surface area contributed by atoms with Gasteiger partial charge in [0.25, 0.3) is 5.91 Å². The van der Waals surface area contributed by atoms with Crippen LogP contribution in [0.1, 0.15) is 17.3 Å². The van der Waals surface area contributed by atoms with Crippen LogP contribution in [0.3, 0.4) is 0 Å². The van der Waals surface area contributed by atoms with Crippen LogP contribution in [-0.2, 0) is 0 Å². The summed E-state index contributed by atoms with van der Waals surface area (Å²) in [5, 5.41) is 11.2. The minimum Gasteiger partial charge on any atom is -0.398 e. The van der Waals surface area contributed by atoms with Crippen molar-refractivity contribution in [3.05, 3.63) is 28.2 Å². The molecule has 3 N–H and O–H groups in total. The Morgan fingerprint density at radius 1 is 1.69 bits per heavy atom. The molecule has 0 heterocycles. The molecule has 1 rings (SSSR count). The van der Waals surface area contributed by atoms with Gasteiger partial charge in [-0.15, -0.1) is 0 Å². The van der Waals surface area contributed by atoms with E-state index < -0.39 is 0 Å². The van der Waals surface area contributed by atoms with Crippen LogP contribution >= 0.6 is 15.9 Å². The molecule has 0 saturated heterocycles. The molecule has 0 bridgehead atoms. The highest BCUT2D eigenvalue weighted by Crippen LogP contribution is 2.18. The third-order valence-corrected chi connectivity index (χ3v) is 2.54. The lowest BCUT2D eigenvalue weighted by Crippen LogP contribution is -2.28. The summed E-state index contributed by atoms with van der Waals surface area (Å²) in [6.07, 6.45) is 0. The van der Waals surface area contributed by atoms with Crippen molar-refractivity contribution in [1.29, 1.82) is 5.26 Å². The summed E-state index contributed by atoms with van der Waals surface area (Å²) in [5.41, 5.74) is 6.52. The number of halogens is 1. The number of nitriles is 1. The number of nitrogens with two attached hydrogens (primary N) is 1. The van der Waals surface area contributed by atoms with Crippen LogP contribution < -0.4 is 11.1 Å². The molecule has 4 nitrogen and oxygen atoms in total. The summed E-state index contributed by atoms with van der Waals surface area (Å²) in [5.74, 6) is -0.474. The van der Waals surface area contributed by atoms with Gasteiger partial charge in [-0.3, -0.25) is 4.79 Å². The van der Waals surface area contributed by atoms with E-state index in [1.165, 1.54) is 0 Å². The second-order valence-corrected chi connectivity index (χ2v) is 4.39. The lowest BCUT2D eigenvalue weighted by Gasteiger charge is -2.08. The standard InChI is InChI=1S/C11H12BrN3O/c1-7(5-13)6-15-11(16)9-4-8(12)2-3-10(9)14/h2-4,7H,6,14H2,1H3,(H,15,16). The fourth-order valence-corrected chi connectivity index (χ4v) is 1.47. The Morgan fingerprint density at radius 2 is 2.38 bits per heavy atom. The number of nitrogen functional groups attached to an aromatic ring is 1. The van der Waals surface area contributed by atoms with Crippen LogP contribution in [0.5, 0.6) is 0 Å². The van der Waals surface area contributed by atoms with Crippen molar-refractivity contribution >= 4 is 27.5 Å². The zero-order valence-corrected chi connectivity index (χ0v) is 10.4. The minimum absolute atomic E-state index is 0.211. The number of carbonyl (C=O) groups is 1. The van der Waals surface area contributed by atoms with E-state index in [0.29, 0.717) is 17.8 Å². The van der Waals surface area contributed by atoms with E-state index in [1.807, 2.05) is 6.07 Å². The molecule has 0 aromatic heterocycles. The second kappa shape index (κ2) is 5.52. The highest BCUT2D eigenvalue weighted by Gasteiger charge is 2.10. The summed E-state index contributed by atoms with van der Waals surface area (Å²) in [7, 11) is 0. The van der Waals surface area contributed by atoms with Gasteiger partial charge in [0, 0.05) is 16.7 Å². The maximum atomic E-state index is 11.7. The smallest absolute Gasteiger partial charge is 0.253 e. The van der Waals surface area contributed by atoms with Crippen LogP contribution in [0.15, 0.2) is 22.7 Å². The number of amides is 1. The van der Waals surface area contributed by atoms with Gasteiger partial charge in [0.2, 0.25) is 0 Å². The van der Waals surface area contributed by atoms with Gasteiger partial charge < -0.3 is 11.1 Å². The molecule has 1 amide bonds. The Kier molecular flexibility index (Phi) is 4.32. The van der Waals surface area contributed by atoms with Crippen LogP contribution in [0.25, 0.3) is 0 Å². The van der Waals surface area contributed by atoms with Gasteiger partial charge in [-0.05, 0) is 25.1 Å². The van der Waals surface area contributed by atoms with Crippen LogP contribution in [0, 0.1) is 17.2 Å². The van der Waals surface area contributed by atoms with E-state index in [4.69, 9.17) is 11.0 Å². The molecular formula is C11H12BrN3O. The number of anilines is 1. The zero-order valence-electron chi connectivity index (χ0n) is 8.83. The second-order valence-electron chi connectivity index (χ2n) is 3.47. The molecule has 0 aliphatic carbocycles. The van der Waals surface area contributed by atoms with Gasteiger partial charge in [-0.2, -0.15) is 5.26 Å². The fraction of sp³-hybridized carbons (Fsp3) is 0.273. The van der Waals surface area contributed by atoms with Crippen LogP contribution in [0.4, 0.5) is 5.69 Å². The average molecular weight is 282 g/mol. The molecule has 1 aromatic rings. The largest absolute Gasteiger partial charge is 0.398 e. The van der Waals surface area contributed by atoms with Gasteiger partial charge in [-0.1, -0.05) is 15.9 Å². The first-order valence-electron chi connectivity index (χ1n) is 4.77. The molecule has 1 atom stereocenters. The van der Waals surface area contributed by atoms with E-state index in [9.17, 15) is 4.79 Å². The Labute approximate surface area is 103 Å². The molecule has 0 aliphatic rings. The van der Waals surface area contributed by atoms with E-state index in [0.717, 1.165) is 4.47 Å². The lowest BCUT2D eigenvalue weighted by atomic mass is 10.1. The van der Waals surface area contributed by atoms with Crippen LogP contribution in [0.2, 0.25) is 0 Å². The first-order chi connectivity index (χ1) is 7.54. The van der Waals surface area contributed by atoms with Gasteiger partial charge in [0.05, 0.1) is 17.6 Å². The molecule has 0 spiro atoms. The Hall–Kier alpha value is -1.54. The number of hydrogen-bond donors (Lipinski definition) is 2. The first kappa shape index (κ1) is 12.5. The van der Waals surface area contributed by atoms with E-state index >= 15 is 0 Å². The van der Waals surface area contributed by atoms with Gasteiger partial charge >= 0.3 is 0 Å². The monoisotopic (exact) mass is 281 g/mol. The maximum absolute atomic E-state index is 11.7. The molecule has 16 heavy (non-hydrogen) atoms. The molecule has 1 aromatic carbocycles. The van der Waals surface area contributed by atoms with Crippen molar-refractivity contribution in [2.45, 2.75) is 6.92 Å². The summed E-state index contributed by atoms with van der Waals surface area (Å²) < 4.78 is 0.792. The quantitative estimate of drug-likeness (QED) is 0.831. The summed E-state index contributed by atoms with van der Waals surface area (Å²) in [4.78, 5) is 11.7.